The summed E-state index contributed by atoms with van der Waals surface area (Å²) in [4.78, 5) is 0. The van der Waals surface area contributed by atoms with Gasteiger partial charge in [0.25, 0.3) is 0 Å². The summed E-state index contributed by atoms with van der Waals surface area (Å²) in [5.41, 5.74) is 6.89. The molecular formula is C19H25NO2. The molecule has 3 unspecified atom stereocenters. The van der Waals surface area contributed by atoms with Crippen LogP contribution in [0.1, 0.15) is 37.4 Å². The van der Waals surface area contributed by atoms with Gasteiger partial charge < -0.3 is 15.2 Å². The van der Waals surface area contributed by atoms with Crippen LogP contribution in [-0.4, -0.2) is 25.9 Å². The van der Waals surface area contributed by atoms with Crippen LogP contribution in [-0.2, 0) is 9.47 Å². The summed E-state index contributed by atoms with van der Waals surface area (Å²) in [5.74, 6) is 0. The van der Waals surface area contributed by atoms with Crippen LogP contribution < -0.4 is 5.73 Å². The van der Waals surface area contributed by atoms with E-state index in [-0.39, 0.29) is 12.2 Å². The molecule has 0 saturated carbocycles. The van der Waals surface area contributed by atoms with Gasteiger partial charge in [-0.15, -0.1) is 0 Å². The fourth-order valence-corrected chi connectivity index (χ4v) is 3.47. The quantitative estimate of drug-likeness (QED) is 0.882. The molecule has 1 aliphatic rings. The predicted molar refractivity (Wildman–Crippen MR) is 89.9 cm³/mol. The smallest absolute Gasteiger partial charge is 0.0851 e. The Bertz CT molecular complexity index is 608. The maximum Gasteiger partial charge on any atom is 0.0851 e. The van der Waals surface area contributed by atoms with Crippen LogP contribution in [0.15, 0.2) is 42.5 Å². The lowest BCUT2D eigenvalue weighted by molar-refractivity contribution is -0.00268. The maximum absolute atomic E-state index is 6.11. The van der Waals surface area contributed by atoms with Crippen molar-refractivity contribution in [2.75, 3.05) is 13.7 Å². The highest BCUT2D eigenvalue weighted by molar-refractivity contribution is 5.85. The molecule has 0 radical (unpaired) electrons. The number of ether oxygens (including phenoxy) is 2. The Hall–Kier alpha value is -1.42. The zero-order chi connectivity index (χ0) is 15.4. The summed E-state index contributed by atoms with van der Waals surface area (Å²) in [6.45, 7) is 0.703. The summed E-state index contributed by atoms with van der Waals surface area (Å²) in [6, 6.07) is 14.9. The highest BCUT2D eigenvalue weighted by Crippen LogP contribution is 2.34. The van der Waals surface area contributed by atoms with Crippen molar-refractivity contribution in [2.24, 2.45) is 5.73 Å². The topological polar surface area (TPSA) is 44.5 Å². The lowest BCUT2D eigenvalue weighted by Gasteiger charge is -2.22. The highest BCUT2D eigenvalue weighted by Gasteiger charge is 2.28. The molecule has 0 spiro atoms. The van der Waals surface area contributed by atoms with Gasteiger partial charge in [-0.05, 0) is 42.1 Å². The molecule has 2 N–H and O–H groups in total. The molecule has 1 aliphatic heterocycles. The third-order valence-corrected chi connectivity index (χ3v) is 4.62. The van der Waals surface area contributed by atoms with Crippen LogP contribution in [0.4, 0.5) is 0 Å². The van der Waals surface area contributed by atoms with Crippen LogP contribution in [0, 0.1) is 0 Å². The first-order chi connectivity index (χ1) is 10.8. The van der Waals surface area contributed by atoms with Crippen molar-refractivity contribution < 1.29 is 9.47 Å². The Kier molecular flexibility index (Phi) is 5.08. The Morgan fingerprint density at radius 1 is 1.14 bits per heavy atom. The van der Waals surface area contributed by atoms with E-state index in [1.54, 1.807) is 7.11 Å². The third kappa shape index (κ3) is 3.32. The van der Waals surface area contributed by atoms with Gasteiger partial charge >= 0.3 is 0 Å². The van der Waals surface area contributed by atoms with E-state index in [4.69, 9.17) is 15.2 Å². The first-order valence-electron chi connectivity index (χ1n) is 8.17. The molecule has 0 bridgehead atoms. The van der Waals surface area contributed by atoms with Gasteiger partial charge in [-0.2, -0.15) is 0 Å². The minimum Gasteiger partial charge on any atom is -0.377 e. The van der Waals surface area contributed by atoms with Crippen LogP contribution in [0.2, 0.25) is 0 Å². The molecule has 0 aliphatic carbocycles. The van der Waals surface area contributed by atoms with E-state index in [1.165, 1.54) is 16.3 Å². The van der Waals surface area contributed by atoms with Crippen molar-refractivity contribution in [1.82, 2.24) is 0 Å². The summed E-state index contributed by atoms with van der Waals surface area (Å²) < 4.78 is 11.9. The molecule has 1 saturated heterocycles. The summed E-state index contributed by atoms with van der Waals surface area (Å²) in [6.07, 6.45) is 4.78. The molecule has 2 aromatic rings. The number of hydrogen-bond donors (Lipinski definition) is 1. The molecule has 3 atom stereocenters. The first-order valence-corrected chi connectivity index (χ1v) is 8.17. The minimum absolute atomic E-state index is 0.0766. The number of hydrogen-bond acceptors (Lipinski definition) is 3. The normalized spacial score (nSPS) is 23.0. The van der Waals surface area contributed by atoms with Gasteiger partial charge in [-0.25, -0.2) is 0 Å². The fraction of sp³-hybridized carbons (Fsp3) is 0.474. The van der Waals surface area contributed by atoms with Gasteiger partial charge in [0.2, 0.25) is 0 Å². The largest absolute Gasteiger partial charge is 0.377 e. The monoisotopic (exact) mass is 299 g/mol. The molecular weight excluding hydrogens is 274 g/mol. The number of benzene rings is 2. The Morgan fingerprint density at radius 2 is 1.91 bits per heavy atom. The molecule has 1 fully saturated rings. The van der Waals surface area contributed by atoms with Gasteiger partial charge in [0.05, 0.1) is 18.3 Å². The maximum atomic E-state index is 6.11. The van der Waals surface area contributed by atoms with Crippen molar-refractivity contribution in [1.29, 1.82) is 0 Å². The third-order valence-electron chi connectivity index (χ3n) is 4.62. The lowest BCUT2D eigenvalue weighted by atomic mass is 9.96. The van der Waals surface area contributed by atoms with Gasteiger partial charge in [0.15, 0.2) is 0 Å². The zero-order valence-corrected chi connectivity index (χ0v) is 13.2. The lowest BCUT2D eigenvalue weighted by Crippen LogP contribution is -2.18. The molecule has 2 aromatic carbocycles. The van der Waals surface area contributed by atoms with Gasteiger partial charge in [0.1, 0.15) is 0 Å². The van der Waals surface area contributed by atoms with E-state index >= 15 is 0 Å². The standard InChI is InChI=1S/C19H25NO2/c1-21-19(13-16-10-9-15(22-16)11-12-20)18-8-4-6-14-5-2-3-7-17(14)18/h2-8,15-16,19H,9-13,20H2,1H3. The van der Waals surface area contributed by atoms with Crippen molar-refractivity contribution in [3.05, 3.63) is 48.0 Å². The van der Waals surface area contributed by atoms with Gasteiger partial charge in [0, 0.05) is 13.5 Å². The molecule has 3 heteroatoms. The van der Waals surface area contributed by atoms with Crippen molar-refractivity contribution in [3.63, 3.8) is 0 Å². The average molecular weight is 299 g/mol. The van der Waals surface area contributed by atoms with Crippen LogP contribution >= 0.6 is 0 Å². The summed E-state index contributed by atoms with van der Waals surface area (Å²) >= 11 is 0. The number of rotatable bonds is 6. The molecule has 1 heterocycles. The average Bonchev–Trinajstić information content (AvgIpc) is 3.00. The Balaban J connectivity index is 1.76. The molecule has 0 amide bonds. The van der Waals surface area contributed by atoms with Crippen LogP contribution in [0.5, 0.6) is 0 Å². The fourth-order valence-electron chi connectivity index (χ4n) is 3.47. The van der Waals surface area contributed by atoms with Crippen LogP contribution in [0.3, 0.4) is 0 Å². The predicted octanol–water partition coefficient (Wildman–Crippen LogP) is 3.81. The Morgan fingerprint density at radius 3 is 2.73 bits per heavy atom. The molecule has 0 aromatic heterocycles. The second-order valence-corrected chi connectivity index (χ2v) is 6.06. The minimum atomic E-state index is 0.0766. The second kappa shape index (κ2) is 7.23. The highest BCUT2D eigenvalue weighted by atomic mass is 16.5. The molecule has 22 heavy (non-hydrogen) atoms. The van der Waals surface area contributed by atoms with E-state index in [1.807, 2.05) is 0 Å². The number of methoxy groups -OCH3 is 1. The van der Waals surface area contributed by atoms with Crippen molar-refractivity contribution >= 4 is 10.8 Å². The van der Waals surface area contributed by atoms with E-state index < -0.39 is 0 Å². The molecule has 3 rings (SSSR count). The second-order valence-electron chi connectivity index (χ2n) is 6.06. The SMILES string of the molecule is COC(CC1CCC(CCN)O1)c1cccc2ccccc12. The number of nitrogens with two attached hydrogens (primary N) is 1. The van der Waals surface area contributed by atoms with Crippen molar-refractivity contribution in [2.45, 2.75) is 44.0 Å². The molecule has 3 nitrogen and oxygen atoms in total. The first kappa shape index (κ1) is 15.5. The Labute approximate surface area is 132 Å². The van der Waals surface area contributed by atoms with Gasteiger partial charge in [-0.3, -0.25) is 0 Å². The van der Waals surface area contributed by atoms with Gasteiger partial charge in [-0.1, -0.05) is 42.5 Å². The van der Waals surface area contributed by atoms with E-state index in [0.29, 0.717) is 12.6 Å². The van der Waals surface area contributed by atoms with Crippen LogP contribution in [0.25, 0.3) is 10.8 Å². The number of fused-ring (bicyclic) bond motifs is 1. The van der Waals surface area contributed by atoms with E-state index in [9.17, 15) is 0 Å². The molecule has 118 valence electrons. The van der Waals surface area contributed by atoms with Crippen molar-refractivity contribution in [3.8, 4) is 0 Å². The van der Waals surface area contributed by atoms with E-state index in [2.05, 4.69) is 42.5 Å². The summed E-state index contributed by atoms with van der Waals surface area (Å²) in [5, 5.41) is 2.53. The zero-order valence-electron chi connectivity index (χ0n) is 13.2. The van der Waals surface area contributed by atoms with E-state index in [0.717, 1.165) is 25.7 Å². The summed E-state index contributed by atoms with van der Waals surface area (Å²) in [7, 11) is 1.79.